The number of hydrogen-bond donors (Lipinski definition) is 2. The van der Waals surface area contributed by atoms with E-state index in [2.05, 4.69) is 15.1 Å². The van der Waals surface area contributed by atoms with Gasteiger partial charge in [0, 0.05) is 13.6 Å². The molecule has 0 spiro atoms. The largest absolute Gasteiger partial charge is 0.449 e. The monoisotopic (exact) mass is 422 g/mol. The molecule has 0 unspecified atom stereocenters. The maximum absolute atomic E-state index is 12.4. The Kier molecular flexibility index (Phi) is 7.15. The lowest BCUT2D eigenvalue weighted by atomic mass is 10.2. The van der Waals surface area contributed by atoms with Crippen molar-refractivity contribution in [2.24, 2.45) is 7.05 Å². The third-order valence-corrected chi connectivity index (χ3v) is 5.79. The second-order valence-electron chi connectivity index (χ2n) is 6.63. The molecule has 158 valence electrons. The summed E-state index contributed by atoms with van der Waals surface area (Å²) in [5.74, 6) is -1.30. The topological polar surface area (TPSA) is 119 Å². The first-order valence-corrected chi connectivity index (χ1v) is 10.7. The average Bonchev–Trinajstić information content (AvgIpc) is 2.92. The van der Waals surface area contributed by atoms with Crippen molar-refractivity contribution in [3.63, 3.8) is 0 Å². The highest BCUT2D eigenvalue weighted by molar-refractivity contribution is 7.89. The van der Waals surface area contributed by atoms with E-state index >= 15 is 0 Å². The Morgan fingerprint density at radius 3 is 2.55 bits per heavy atom. The Bertz CT molecular complexity index is 1010. The van der Waals surface area contributed by atoms with E-state index in [0.29, 0.717) is 24.3 Å². The Labute approximate surface area is 170 Å². The number of benzene rings is 1. The van der Waals surface area contributed by atoms with Crippen molar-refractivity contribution in [1.29, 1.82) is 0 Å². The minimum Gasteiger partial charge on any atom is -0.449 e. The number of rotatable bonds is 8. The molecule has 2 rings (SSSR count). The fourth-order valence-electron chi connectivity index (χ4n) is 2.57. The molecule has 1 amide bonds. The molecule has 10 heteroatoms. The van der Waals surface area contributed by atoms with Crippen LogP contribution in [0.5, 0.6) is 0 Å². The first kappa shape index (κ1) is 22.6. The van der Waals surface area contributed by atoms with Crippen LogP contribution >= 0.6 is 0 Å². The van der Waals surface area contributed by atoms with Gasteiger partial charge >= 0.3 is 5.97 Å². The van der Waals surface area contributed by atoms with E-state index < -0.39 is 28.0 Å². The maximum Gasteiger partial charge on any atom is 0.338 e. The number of carbonyl (C=O) groups excluding carboxylic acids is 2. The van der Waals surface area contributed by atoms with Gasteiger partial charge in [-0.2, -0.15) is 5.10 Å². The average molecular weight is 423 g/mol. The SMILES string of the molecule is CCCNS(=O)(=O)c1cccc(C(=O)O[C@H](C)C(=O)Nc2c(C)nn(C)c2C)c1. The predicted molar refractivity (Wildman–Crippen MR) is 108 cm³/mol. The second kappa shape index (κ2) is 9.19. The van der Waals surface area contributed by atoms with Gasteiger partial charge in [-0.25, -0.2) is 17.9 Å². The number of aryl methyl sites for hydroxylation is 2. The summed E-state index contributed by atoms with van der Waals surface area (Å²) in [5, 5.41) is 6.93. The zero-order valence-corrected chi connectivity index (χ0v) is 18.0. The van der Waals surface area contributed by atoms with E-state index in [1.54, 1.807) is 18.7 Å². The highest BCUT2D eigenvalue weighted by Gasteiger charge is 2.23. The lowest BCUT2D eigenvalue weighted by molar-refractivity contribution is -0.123. The van der Waals surface area contributed by atoms with Crippen LogP contribution in [-0.2, 0) is 26.6 Å². The quantitative estimate of drug-likeness (QED) is 0.627. The van der Waals surface area contributed by atoms with Gasteiger partial charge in [0.2, 0.25) is 10.0 Å². The van der Waals surface area contributed by atoms with Crippen LogP contribution in [0.25, 0.3) is 0 Å². The molecule has 0 aliphatic heterocycles. The van der Waals surface area contributed by atoms with Crippen LogP contribution in [-0.4, -0.2) is 42.7 Å². The van der Waals surface area contributed by atoms with Gasteiger partial charge in [-0.1, -0.05) is 13.0 Å². The molecule has 0 aliphatic carbocycles. The normalized spacial score (nSPS) is 12.4. The molecule has 1 heterocycles. The highest BCUT2D eigenvalue weighted by Crippen LogP contribution is 2.19. The summed E-state index contributed by atoms with van der Waals surface area (Å²) in [6.45, 7) is 7.15. The van der Waals surface area contributed by atoms with Crippen LogP contribution in [0.15, 0.2) is 29.2 Å². The van der Waals surface area contributed by atoms with E-state index in [1.165, 1.54) is 31.2 Å². The van der Waals surface area contributed by atoms with E-state index in [9.17, 15) is 18.0 Å². The van der Waals surface area contributed by atoms with Crippen LogP contribution in [0, 0.1) is 13.8 Å². The Hall–Kier alpha value is -2.72. The summed E-state index contributed by atoms with van der Waals surface area (Å²) in [5.41, 5.74) is 2.02. The van der Waals surface area contributed by atoms with Crippen LogP contribution in [0.4, 0.5) is 5.69 Å². The summed E-state index contributed by atoms with van der Waals surface area (Å²) in [6, 6.07) is 5.49. The third kappa shape index (κ3) is 5.42. The molecule has 0 saturated heterocycles. The van der Waals surface area contributed by atoms with Crippen LogP contribution in [0.3, 0.4) is 0 Å². The Morgan fingerprint density at radius 1 is 1.28 bits per heavy atom. The van der Waals surface area contributed by atoms with Crippen molar-refractivity contribution in [2.45, 2.75) is 45.1 Å². The molecule has 0 aliphatic rings. The first-order chi connectivity index (χ1) is 13.6. The van der Waals surface area contributed by atoms with E-state index in [1.807, 2.05) is 13.8 Å². The molecule has 2 aromatic rings. The van der Waals surface area contributed by atoms with Crippen LogP contribution in [0.1, 0.15) is 42.0 Å². The molecule has 1 aromatic carbocycles. The zero-order valence-electron chi connectivity index (χ0n) is 17.1. The number of hydrogen-bond acceptors (Lipinski definition) is 6. The van der Waals surface area contributed by atoms with Crippen molar-refractivity contribution in [1.82, 2.24) is 14.5 Å². The zero-order chi connectivity index (χ0) is 21.8. The molecular weight excluding hydrogens is 396 g/mol. The molecule has 0 radical (unpaired) electrons. The van der Waals surface area contributed by atoms with Crippen molar-refractivity contribution < 1.29 is 22.7 Å². The van der Waals surface area contributed by atoms with Gasteiger partial charge in [0.1, 0.15) is 0 Å². The Balaban J connectivity index is 2.09. The number of nitrogens with one attached hydrogen (secondary N) is 2. The van der Waals surface area contributed by atoms with Crippen LogP contribution in [0.2, 0.25) is 0 Å². The molecule has 0 bridgehead atoms. The summed E-state index contributed by atoms with van der Waals surface area (Å²) in [6.07, 6.45) is -0.441. The molecule has 1 aromatic heterocycles. The number of amides is 1. The number of ether oxygens (including phenoxy) is 1. The summed E-state index contributed by atoms with van der Waals surface area (Å²) in [4.78, 5) is 24.8. The summed E-state index contributed by atoms with van der Waals surface area (Å²) in [7, 11) is -1.96. The molecule has 0 fully saturated rings. The number of sulfonamides is 1. The summed E-state index contributed by atoms with van der Waals surface area (Å²) < 4.78 is 33.7. The van der Waals surface area contributed by atoms with Crippen molar-refractivity contribution in [3.8, 4) is 0 Å². The highest BCUT2D eigenvalue weighted by atomic mass is 32.2. The number of anilines is 1. The Morgan fingerprint density at radius 2 is 1.97 bits per heavy atom. The van der Waals surface area contributed by atoms with E-state index in [4.69, 9.17) is 4.74 Å². The number of esters is 1. The van der Waals surface area contributed by atoms with Crippen molar-refractivity contribution >= 4 is 27.6 Å². The third-order valence-electron chi connectivity index (χ3n) is 4.33. The van der Waals surface area contributed by atoms with Crippen LogP contribution < -0.4 is 10.0 Å². The van der Waals surface area contributed by atoms with E-state index in [-0.39, 0.29) is 10.5 Å². The summed E-state index contributed by atoms with van der Waals surface area (Å²) >= 11 is 0. The second-order valence-corrected chi connectivity index (χ2v) is 8.40. The lowest BCUT2D eigenvalue weighted by Gasteiger charge is -2.14. The van der Waals surface area contributed by atoms with Gasteiger partial charge in [-0.05, 0) is 45.4 Å². The predicted octanol–water partition coefficient (Wildman–Crippen LogP) is 1.91. The van der Waals surface area contributed by atoms with Gasteiger partial charge in [0.25, 0.3) is 5.91 Å². The number of carbonyl (C=O) groups is 2. The number of aromatic nitrogens is 2. The lowest BCUT2D eigenvalue weighted by Crippen LogP contribution is -2.30. The molecule has 0 saturated carbocycles. The smallest absolute Gasteiger partial charge is 0.338 e. The fraction of sp³-hybridized carbons (Fsp3) is 0.421. The van der Waals surface area contributed by atoms with Crippen molar-refractivity contribution in [2.75, 3.05) is 11.9 Å². The molecule has 2 N–H and O–H groups in total. The fourth-order valence-corrected chi connectivity index (χ4v) is 3.75. The minimum atomic E-state index is -3.72. The molecule has 1 atom stereocenters. The molecule has 9 nitrogen and oxygen atoms in total. The first-order valence-electron chi connectivity index (χ1n) is 9.18. The van der Waals surface area contributed by atoms with Gasteiger partial charge in [-0.3, -0.25) is 9.48 Å². The number of nitrogens with zero attached hydrogens (tertiary/aromatic N) is 2. The standard InChI is InChI=1S/C19H26N4O5S/c1-6-10-20-29(26,27)16-9-7-8-15(11-16)19(25)28-14(4)18(24)21-17-12(2)22-23(5)13(17)3/h7-9,11,14,20H,6,10H2,1-5H3,(H,21,24)/t14-/m1/s1. The van der Waals surface area contributed by atoms with Gasteiger partial charge in [0.05, 0.1) is 27.5 Å². The van der Waals surface area contributed by atoms with Gasteiger partial charge < -0.3 is 10.1 Å². The molecule has 29 heavy (non-hydrogen) atoms. The van der Waals surface area contributed by atoms with E-state index in [0.717, 1.165) is 5.69 Å². The van der Waals surface area contributed by atoms with Gasteiger partial charge in [0.15, 0.2) is 6.10 Å². The minimum absolute atomic E-state index is 0.0396. The maximum atomic E-state index is 12.4. The molecular formula is C19H26N4O5S. The van der Waals surface area contributed by atoms with Gasteiger partial charge in [-0.15, -0.1) is 0 Å². The van der Waals surface area contributed by atoms with Crippen molar-refractivity contribution in [3.05, 3.63) is 41.2 Å².